The summed E-state index contributed by atoms with van der Waals surface area (Å²) < 4.78 is 48.9. The minimum absolute atomic E-state index is 0. The molecule has 0 amide bonds. The molecule has 0 aliphatic heterocycles. The van der Waals surface area contributed by atoms with Crippen molar-refractivity contribution in [3.05, 3.63) is 96.1 Å². The molecule has 0 aliphatic rings. The Bertz CT molecular complexity index is 1660. The number of phenolic OH excluding ortho intramolecular Hbond substituents is 1. The average molecular weight is 687 g/mol. The van der Waals surface area contributed by atoms with Gasteiger partial charge in [0.1, 0.15) is 33.5 Å². The Morgan fingerprint density at radius 1 is 0.745 bits per heavy atom. The fraction of sp³-hybridized carbons (Fsp3) is 0.351. The predicted octanol–water partition coefficient (Wildman–Crippen LogP) is 6.12. The maximum Gasteiger partial charge on any atom is 1.00 e. The number of ether oxygens (including phenoxy) is 2. The second-order valence-electron chi connectivity index (χ2n) is 11.2. The number of benzene rings is 4. The minimum Gasteiger partial charge on any atom is -0.744 e. The number of phenols is 1. The van der Waals surface area contributed by atoms with Crippen LogP contribution in [0.5, 0.6) is 17.2 Å². The van der Waals surface area contributed by atoms with Crippen LogP contribution in [0.25, 0.3) is 11.1 Å². The van der Waals surface area contributed by atoms with Crippen molar-refractivity contribution in [2.45, 2.75) is 86.0 Å². The fourth-order valence-corrected chi connectivity index (χ4v) is 6.94. The van der Waals surface area contributed by atoms with E-state index in [-0.39, 0.29) is 45.8 Å². The Labute approximate surface area is 305 Å². The van der Waals surface area contributed by atoms with Crippen molar-refractivity contribution < 1.29 is 62.2 Å². The first-order valence-electron chi connectivity index (χ1n) is 15.9. The van der Waals surface area contributed by atoms with Crippen LogP contribution < -0.4 is 39.0 Å². The SMILES string of the molecule is CCCCCCCCOc1ccc(O)c(C(O)c2ccccc2-c2ccc(Sc3ccc(OCCCC)cc3)c(S(=O)(=O)[O-])c2)c1.[Na+]. The molecule has 0 aliphatic carbocycles. The smallest absolute Gasteiger partial charge is 0.744 e. The summed E-state index contributed by atoms with van der Waals surface area (Å²) >= 11 is 1.17. The second-order valence-corrected chi connectivity index (χ2v) is 13.7. The number of hydrogen-bond acceptors (Lipinski definition) is 8. The van der Waals surface area contributed by atoms with E-state index in [0.29, 0.717) is 40.5 Å². The van der Waals surface area contributed by atoms with E-state index < -0.39 is 16.2 Å². The van der Waals surface area contributed by atoms with Crippen LogP contribution in [0.3, 0.4) is 0 Å². The van der Waals surface area contributed by atoms with Gasteiger partial charge in [-0.1, -0.05) is 94.5 Å². The molecule has 0 radical (unpaired) electrons. The van der Waals surface area contributed by atoms with Gasteiger partial charge in [0.25, 0.3) is 0 Å². The van der Waals surface area contributed by atoms with E-state index in [1.165, 1.54) is 49.6 Å². The molecule has 0 aromatic heterocycles. The first kappa shape index (κ1) is 38.9. The molecule has 1 unspecified atom stereocenters. The molecule has 47 heavy (non-hydrogen) atoms. The summed E-state index contributed by atoms with van der Waals surface area (Å²) in [7, 11) is -4.84. The van der Waals surface area contributed by atoms with Crippen LogP contribution in [0.1, 0.15) is 82.4 Å². The topological polar surface area (TPSA) is 116 Å². The molecule has 0 heterocycles. The van der Waals surface area contributed by atoms with Gasteiger partial charge in [-0.2, -0.15) is 0 Å². The Hall–Kier alpha value is -2.50. The number of aromatic hydroxyl groups is 1. The summed E-state index contributed by atoms with van der Waals surface area (Å²) in [6, 6.07) is 23.7. The predicted molar refractivity (Wildman–Crippen MR) is 182 cm³/mol. The largest absolute Gasteiger partial charge is 1.00 e. The Morgan fingerprint density at radius 3 is 2.11 bits per heavy atom. The molecule has 4 aromatic rings. The van der Waals surface area contributed by atoms with Crippen molar-refractivity contribution in [3.63, 3.8) is 0 Å². The maximum absolute atomic E-state index is 12.4. The molecule has 2 N–H and O–H groups in total. The number of rotatable bonds is 18. The van der Waals surface area contributed by atoms with E-state index >= 15 is 0 Å². The van der Waals surface area contributed by atoms with Crippen molar-refractivity contribution in [2.75, 3.05) is 13.2 Å². The molecule has 4 aromatic carbocycles. The van der Waals surface area contributed by atoms with Crippen LogP contribution in [0.2, 0.25) is 0 Å². The average Bonchev–Trinajstić information content (AvgIpc) is 3.05. The third-order valence-electron chi connectivity index (χ3n) is 7.66. The van der Waals surface area contributed by atoms with Gasteiger partial charge < -0.3 is 24.2 Å². The number of aliphatic hydroxyl groups is 1. The Balaban J connectivity index is 0.00000600. The van der Waals surface area contributed by atoms with Crippen molar-refractivity contribution in [1.82, 2.24) is 0 Å². The summed E-state index contributed by atoms with van der Waals surface area (Å²) in [5, 5.41) is 22.2. The zero-order valence-corrected chi connectivity index (χ0v) is 31.1. The maximum atomic E-state index is 12.4. The van der Waals surface area contributed by atoms with E-state index in [2.05, 4.69) is 13.8 Å². The van der Waals surface area contributed by atoms with Crippen molar-refractivity contribution in [3.8, 4) is 28.4 Å². The fourth-order valence-electron chi connectivity index (χ4n) is 5.10. The van der Waals surface area contributed by atoms with E-state index in [0.717, 1.165) is 36.3 Å². The number of aliphatic hydroxyl groups excluding tert-OH is 1. The summed E-state index contributed by atoms with van der Waals surface area (Å²) in [4.78, 5) is 0.699. The molecule has 10 heteroatoms. The molecule has 1 atom stereocenters. The first-order valence-corrected chi connectivity index (χ1v) is 18.2. The van der Waals surface area contributed by atoms with Crippen LogP contribution in [-0.2, 0) is 10.1 Å². The molecule has 4 rings (SSSR count). The van der Waals surface area contributed by atoms with Gasteiger partial charge in [0.2, 0.25) is 0 Å². The monoisotopic (exact) mass is 686 g/mol. The van der Waals surface area contributed by atoms with Crippen molar-refractivity contribution >= 4 is 21.9 Å². The first-order chi connectivity index (χ1) is 22.2. The molecule has 246 valence electrons. The van der Waals surface area contributed by atoms with Crippen LogP contribution in [0.4, 0.5) is 0 Å². The van der Waals surface area contributed by atoms with Gasteiger partial charge in [-0.3, -0.25) is 0 Å². The van der Waals surface area contributed by atoms with Crippen molar-refractivity contribution in [2.24, 2.45) is 0 Å². The molecule has 0 spiro atoms. The standard InChI is InChI=1S/C37H44O7S2.Na/c1-3-5-7-8-9-12-24-44-29-18-21-34(38)33(26-29)37(39)32-14-11-10-13-31(32)27-15-22-35(36(25-27)46(40,41)42)45-30-19-16-28(17-20-30)43-23-6-4-2;/h10-11,13-22,25-26,37-39H,3-9,12,23-24H2,1-2H3,(H,40,41,42);/q;+1/p-1. The third kappa shape index (κ3) is 11.6. The van der Waals surface area contributed by atoms with Gasteiger partial charge in [-0.25, -0.2) is 8.42 Å². The van der Waals surface area contributed by atoms with Gasteiger partial charge in [0.15, 0.2) is 0 Å². The third-order valence-corrected chi connectivity index (χ3v) is 9.75. The summed E-state index contributed by atoms with van der Waals surface area (Å²) in [6.45, 7) is 5.44. The van der Waals surface area contributed by atoms with Crippen molar-refractivity contribution in [1.29, 1.82) is 0 Å². The van der Waals surface area contributed by atoms with Crippen LogP contribution >= 0.6 is 11.8 Å². The molecule has 7 nitrogen and oxygen atoms in total. The van der Waals surface area contributed by atoms with E-state index in [4.69, 9.17) is 9.47 Å². The summed E-state index contributed by atoms with van der Waals surface area (Å²) in [6.07, 6.45) is 7.58. The quantitative estimate of drug-likeness (QED) is 0.0731. The minimum atomic E-state index is -4.84. The van der Waals surface area contributed by atoms with Gasteiger partial charge >= 0.3 is 29.6 Å². The zero-order chi connectivity index (χ0) is 32.9. The van der Waals surface area contributed by atoms with E-state index in [1.54, 1.807) is 48.5 Å². The number of hydrogen-bond donors (Lipinski definition) is 2. The Kier molecular flexibility index (Phi) is 16.1. The van der Waals surface area contributed by atoms with Gasteiger partial charge in [0, 0.05) is 15.4 Å². The van der Waals surface area contributed by atoms with Crippen LogP contribution in [0.15, 0.2) is 99.6 Å². The van der Waals surface area contributed by atoms with Gasteiger partial charge in [-0.05, 0) is 84.1 Å². The molecular weight excluding hydrogens is 644 g/mol. The van der Waals surface area contributed by atoms with Crippen LogP contribution in [0, 0.1) is 0 Å². The van der Waals surface area contributed by atoms with E-state index in [1.807, 2.05) is 24.3 Å². The normalized spacial score (nSPS) is 11.9. The van der Waals surface area contributed by atoms with Gasteiger partial charge in [0.05, 0.1) is 18.1 Å². The summed E-state index contributed by atoms with van der Waals surface area (Å²) in [5.74, 6) is 1.17. The van der Waals surface area contributed by atoms with Gasteiger partial charge in [-0.15, -0.1) is 0 Å². The summed E-state index contributed by atoms with van der Waals surface area (Å²) in [5.41, 5.74) is 1.68. The van der Waals surface area contributed by atoms with Crippen LogP contribution in [-0.4, -0.2) is 36.4 Å². The van der Waals surface area contributed by atoms with E-state index in [9.17, 15) is 23.2 Å². The second kappa shape index (κ2) is 19.5. The number of unbranched alkanes of at least 4 members (excludes halogenated alkanes) is 6. The molecule has 0 bridgehead atoms. The zero-order valence-electron chi connectivity index (χ0n) is 27.5. The molecule has 0 fully saturated rings. The molecule has 0 saturated heterocycles. The molecule has 0 saturated carbocycles. The molecular formula is C37H43NaO7S2. The Morgan fingerprint density at radius 2 is 1.38 bits per heavy atom.